The minimum Gasteiger partial charge on any atom is -0.357 e. The molecule has 23 heavy (non-hydrogen) atoms. The lowest BCUT2D eigenvalue weighted by atomic mass is 10.2. The fourth-order valence-corrected chi connectivity index (χ4v) is 3.03. The van der Waals surface area contributed by atoms with E-state index in [1.165, 1.54) is 32.4 Å². The number of nitrogens with zero attached hydrogens (tertiary/aromatic N) is 4. The second kappa shape index (κ2) is 10.3. The van der Waals surface area contributed by atoms with Crippen molar-refractivity contribution in [2.75, 3.05) is 32.7 Å². The van der Waals surface area contributed by atoms with Gasteiger partial charge in [-0.25, -0.2) is 0 Å². The van der Waals surface area contributed by atoms with Crippen LogP contribution >= 0.6 is 0 Å². The Hall–Kier alpha value is -1.56. The normalized spacial score (nSPS) is 17.4. The maximum absolute atomic E-state index is 4.79. The van der Waals surface area contributed by atoms with Crippen LogP contribution in [0.2, 0.25) is 0 Å². The fraction of sp³-hybridized carbons (Fsp3) is 0.765. The van der Waals surface area contributed by atoms with E-state index in [0.717, 1.165) is 38.6 Å². The summed E-state index contributed by atoms with van der Waals surface area (Å²) in [4.78, 5) is 7.38. The van der Waals surface area contributed by atoms with Crippen molar-refractivity contribution < 1.29 is 0 Å². The lowest BCUT2D eigenvalue weighted by Crippen LogP contribution is -2.40. The minimum atomic E-state index is 0.581. The van der Waals surface area contributed by atoms with Gasteiger partial charge in [-0.2, -0.15) is 5.10 Å². The molecular weight excluding hydrogens is 288 g/mol. The molecule has 0 amide bonds. The van der Waals surface area contributed by atoms with Gasteiger partial charge in [0.2, 0.25) is 0 Å². The molecule has 2 rings (SSSR count). The molecule has 2 heterocycles. The Morgan fingerprint density at radius 3 is 2.74 bits per heavy atom. The van der Waals surface area contributed by atoms with E-state index >= 15 is 0 Å². The maximum Gasteiger partial charge on any atom is 0.191 e. The molecule has 6 heteroatoms. The Morgan fingerprint density at radius 2 is 2.09 bits per heavy atom. The summed E-state index contributed by atoms with van der Waals surface area (Å²) in [6, 6.07) is 2.54. The first-order valence-corrected chi connectivity index (χ1v) is 9.07. The van der Waals surface area contributed by atoms with Gasteiger partial charge in [-0.1, -0.05) is 6.92 Å². The first-order valence-electron chi connectivity index (χ1n) is 9.07. The summed E-state index contributed by atoms with van der Waals surface area (Å²) in [7, 11) is 0. The Labute approximate surface area is 140 Å². The van der Waals surface area contributed by atoms with Gasteiger partial charge in [-0.05, 0) is 51.8 Å². The molecule has 1 aromatic rings. The number of nitrogens with one attached hydrogen (secondary N) is 2. The van der Waals surface area contributed by atoms with Gasteiger partial charge in [0.1, 0.15) is 0 Å². The molecular formula is C17H32N6. The molecule has 0 spiro atoms. The van der Waals surface area contributed by atoms with Crippen LogP contribution in [0, 0.1) is 0 Å². The van der Waals surface area contributed by atoms with E-state index in [4.69, 9.17) is 4.99 Å². The Kier molecular flexibility index (Phi) is 7.93. The predicted molar refractivity (Wildman–Crippen MR) is 95.7 cm³/mol. The molecule has 0 saturated carbocycles. The van der Waals surface area contributed by atoms with Crippen LogP contribution < -0.4 is 10.6 Å². The van der Waals surface area contributed by atoms with Crippen LogP contribution in [-0.2, 0) is 6.54 Å². The molecule has 1 aromatic heterocycles. The van der Waals surface area contributed by atoms with E-state index in [1.54, 1.807) is 0 Å². The molecule has 0 aliphatic carbocycles. The van der Waals surface area contributed by atoms with E-state index in [1.807, 2.05) is 23.1 Å². The average molecular weight is 320 g/mol. The smallest absolute Gasteiger partial charge is 0.191 e. The van der Waals surface area contributed by atoms with Gasteiger partial charge in [0.15, 0.2) is 5.96 Å². The van der Waals surface area contributed by atoms with Crippen molar-refractivity contribution in [1.82, 2.24) is 25.3 Å². The number of hydrogen-bond donors (Lipinski definition) is 2. The number of aromatic nitrogens is 2. The number of likely N-dealkylation sites (tertiary alicyclic amines) is 1. The van der Waals surface area contributed by atoms with Crippen LogP contribution in [0.5, 0.6) is 0 Å². The molecule has 6 nitrogen and oxygen atoms in total. The Balaban J connectivity index is 1.74. The van der Waals surface area contributed by atoms with Crippen LogP contribution in [0.3, 0.4) is 0 Å². The van der Waals surface area contributed by atoms with Crippen molar-refractivity contribution in [1.29, 1.82) is 0 Å². The fourth-order valence-electron chi connectivity index (χ4n) is 3.03. The lowest BCUT2D eigenvalue weighted by Gasteiger charge is -2.25. The Bertz CT molecular complexity index is 436. The minimum absolute atomic E-state index is 0.581. The lowest BCUT2D eigenvalue weighted by molar-refractivity contribution is 0.242. The van der Waals surface area contributed by atoms with Gasteiger partial charge in [-0.15, -0.1) is 0 Å². The summed E-state index contributed by atoms with van der Waals surface area (Å²) in [5.41, 5.74) is 0. The molecule has 0 radical (unpaired) electrons. The van der Waals surface area contributed by atoms with Crippen LogP contribution in [0.1, 0.15) is 39.5 Å². The highest BCUT2D eigenvalue weighted by atomic mass is 15.3. The number of aryl methyl sites for hydroxylation is 1. The van der Waals surface area contributed by atoms with Gasteiger partial charge >= 0.3 is 0 Å². The zero-order valence-corrected chi connectivity index (χ0v) is 14.7. The molecule has 0 aromatic carbocycles. The highest BCUT2D eigenvalue weighted by Gasteiger charge is 2.19. The SMILES string of the molecule is CCNC(=NCC(CC)N1CCCC1)NCCCn1cccn1. The summed E-state index contributed by atoms with van der Waals surface area (Å²) in [5.74, 6) is 0.936. The molecule has 130 valence electrons. The second-order valence-corrected chi connectivity index (χ2v) is 6.07. The molecule has 0 bridgehead atoms. The monoisotopic (exact) mass is 320 g/mol. The number of rotatable bonds is 9. The van der Waals surface area contributed by atoms with E-state index < -0.39 is 0 Å². The summed E-state index contributed by atoms with van der Waals surface area (Å²) in [6.45, 7) is 10.5. The van der Waals surface area contributed by atoms with Crippen LogP contribution in [0.15, 0.2) is 23.5 Å². The zero-order chi connectivity index (χ0) is 16.3. The molecule has 1 fully saturated rings. The summed E-state index contributed by atoms with van der Waals surface area (Å²) < 4.78 is 1.96. The van der Waals surface area contributed by atoms with E-state index in [-0.39, 0.29) is 0 Å². The standard InChI is InChI=1S/C17H32N6/c1-3-16(22-11-5-6-12-22)15-20-17(18-4-2)19-9-7-13-23-14-8-10-21-23/h8,10,14,16H,3-7,9,11-13,15H2,1-2H3,(H2,18,19,20). The summed E-state index contributed by atoms with van der Waals surface area (Å²) in [5, 5.41) is 11.0. The number of hydrogen-bond acceptors (Lipinski definition) is 3. The third kappa shape index (κ3) is 6.22. The van der Waals surface area contributed by atoms with Gasteiger partial charge in [0.25, 0.3) is 0 Å². The van der Waals surface area contributed by atoms with Gasteiger partial charge in [-0.3, -0.25) is 14.6 Å². The topological polar surface area (TPSA) is 57.5 Å². The van der Waals surface area contributed by atoms with Crippen molar-refractivity contribution >= 4 is 5.96 Å². The van der Waals surface area contributed by atoms with Crippen LogP contribution in [-0.4, -0.2) is 59.4 Å². The molecule has 1 atom stereocenters. The highest BCUT2D eigenvalue weighted by molar-refractivity contribution is 5.79. The first-order chi connectivity index (χ1) is 11.3. The predicted octanol–water partition coefficient (Wildman–Crippen LogP) is 1.70. The largest absolute Gasteiger partial charge is 0.357 e. The maximum atomic E-state index is 4.79. The van der Waals surface area contributed by atoms with Crippen molar-refractivity contribution in [3.8, 4) is 0 Å². The van der Waals surface area contributed by atoms with Crippen molar-refractivity contribution in [2.24, 2.45) is 4.99 Å². The molecule has 1 aliphatic heterocycles. The molecule has 2 N–H and O–H groups in total. The third-order valence-electron chi connectivity index (χ3n) is 4.35. The Morgan fingerprint density at radius 1 is 1.26 bits per heavy atom. The molecule has 1 saturated heterocycles. The van der Waals surface area contributed by atoms with E-state index in [9.17, 15) is 0 Å². The average Bonchev–Trinajstić information content (AvgIpc) is 3.25. The summed E-state index contributed by atoms with van der Waals surface area (Å²) >= 11 is 0. The van der Waals surface area contributed by atoms with Crippen molar-refractivity contribution in [2.45, 2.75) is 52.1 Å². The summed E-state index contributed by atoms with van der Waals surface area (Å²) in [6.07, 6.45) is 8.71. The van der Waals surface area contributed by atoms with Gasteiger partial charge < -0.3 is 10.6 Å². The second-order valence-electron chi connectivity index (χ2n) is 6.07. The first kappa shape index (κ1) is 17.8. The highest BCUT2D eigenvalue weighted by Crippen LogP contribution is 2.14. The van der Waals surface area contributed by atoms with Crippen LogP contribution in [0.25, 0.3) is 0 Å². The van der Waals surface area contributed by atoms with Crippen LogP contribution in [0.4, 0.5) is 0 Å². The third-order valence-corrected chi connectivity index (χ3v) is 4.35. The zero-order valence-electron chi connectivity index (χ0n) is 14.7. The van der Waals surface area contributed by atoms with E-state index in [2.05, 4.69) is 34.5 Å². The van der Waals surface area contributed by atoms with Gasteiger partial charge in [0.05, 0.1) is 6.54 Å². The van der Waals surface area contributed by atoms with Crippen molar-refractivity contribution in [3.05, 3.63) is 18.5 Å². The molecule has 1 unspecified atom stereocenters. The number of aliphatic imine (C=N–C) groups is 1. The van der Waals surface area contributed by atoms with Crippen molar-refractivity contribution in [3.63, 3.8) is 0 Å². The quantitative estimate of drug-likeness (QED) is 0.413. The van der Waals surface area contributed by atoms with E-state index in [0.29, 0.717) is 6.04 Å². The van der Waals surface area contributed by atoms with Gasteiger partial charge in [0, 0.05) is 38.1 Å². The number of guanidine groups is 1. The molecule has 1 aliphatic rings.